The van der Waals surface area contributed by atoms with E-state index >= 15 is 0 Å². The minimum atomic E-state index is -4.43. The van der Waals surface area contributed by atoms with Crippen LogP contribution in [0.2, 0.25) is 0 Å². The lowest BCUT2D eigenvalue weighted by atomic mass is 10.1. The monoisotopic (exact) mass is 287 g/mol. The van der Waals surface area contributed by atoms with Gasteiger partial charge in [0.15, 0.2) is 5.96 Å². The van der Waals surface area contributed by atoms with Crippen molar-refractivity contribution in [2.75, 3.05) is 24.5 Å². The molecule has 1 saturated heterocycles. The number of nitrogens with zero attached hydrogens (tertiary/aromatic N) is 3. The van der Waals surface area contributed by atoms with Gasteiger partial charge in [0.1, 0.15) is 5.82 Å². The number of aromatic nitrogens is 1. The smallest absolute Gasteiger partial charge is 0.370 e. The second-order valence-electron chi connectivity index (χ2n) is 4.75. The third-order valence-electron chi connectivity index (χ3n) is 3.33. The van der Waals surface area contributed by atoms with Crippen molar-refractivity contribution in [3.05, 3.63) is 23.9 Å². The Morgan fingerprint density at radius 2 is 2.15 bits per heavy atom. The number of guanidine groups is 1. The largest absolute Gasteiger partial charge is 0.419 e. The van der Waals surface area contributed by atoms with E-state index in [-0.39, 0.29) is 17.8 Å². The highest BCUT2D eigenvalue weighted by atomic mass is 19.4. The van der Waals surface area contributed by atoms with Gasteiger partial charge in [-0.3, -0.25) is 5.41 Å². The van der Waals surface area contributed by atoms with Crippen molar-refractivity contribution in [1.29, 1.82) is 5.41 Å². The van der Waals surface area contributed by atoms with Crippen LogP contribution in [0, 0.1) is 5.41 Å². The Morgan fingerprint density at radius 3 is 2.70 bits per heavy atom. The maximum absolute atomic E-state index is 13.0. The highest BCUT2D eigenvalue weighted by Crippen LogP contribution is 2.35. The SMILES string of the molecule is CC1CN(c2ncccc2C(F)(F)F)CCN1C(=N)N. The number of hydrogen-bond donors (Lipinski definition) is 2. The van der Waals surface area contributed by atoms with Crippen molar-refractivity contribution in [3.8, 4) is 0 Å². The number of halogens is 3. The Kier molecular flexibility index (Phi) is 3.74. The maximum Gasteiger partial charge on any atom is 0.419 e. The Morgan fingerprint density at radius 1 is 1.45 bits per heavy atom. The van der Waals surface area contributed by atoms with Crippen LogP contribution in [-0.4, -0.2) is 41.5 Å². The molecular formula is C12H16F3N5. The van der Waals surface area contributed by atoms with Crippen LogP contribution >= 0.6 is 0 Å². The zero-order valence-electron chi connectivity index (χ0n) is 11.0. The number of pyridine rings is 1. The van der Waals surface area contributed by atoms with Crippen molar-refractivity contribution in [2.45, 2.75) is 19.1 Å². The third kappa shape index (κ3) is 2.78. The van der Waals surface area contributed by atoms with Gasteiger partial charge >= 0.3 is 6.18 Å². The van der Waals surface area contributed by atoms with Crippen molar-refractivity contribution < 1.29 is 13.2 Å². The molecule has 0 saturated carbocycles. The van der Waals surface area contributed by atoms with E-state index in [1.165, 1.54) is 12.3 Å². The van der Waals surface area contributed by atoms with Gasteiger partial charge in [-0.1, -0.05) is 0 Å². The van der Waals surface area contributed by atoms with E-state index in [0.29, 0.717) is 19.6 Å². The Labute approximate surface area is 114 Å². The third-order valence-corrected chi connectivity index (χ3v) is 3.33. The summed E-state index contributed by atoms with van der Waals surface area (Å²) in [6.45, 7) is 2.93. The summed E-state index contributed by atoms with van der Waals surface area (Å²) in [5.74, 6) is -0.121. The van der Waals surface area contributed by atoms with E-state index in [2.05, 4.69) is 4.98 Å². The van der Waals surface area contributed by atoms with Crippen LogP contribution in [0.5, 0.6) is 0 Å². The first-order chi connectivity index (χ1) is 9.30. The van der Waals surface area contributed by atoms with Crippen molar-refractivity contribution in [2.24, 2.45) is 5.73 Å². The first-order valence-corrected chi connectivity index (χ1v) is 6.18. The molecule has 1 fully saturated rings. The molecule has 1 aromatic rings. The molecule has 0 spiro atoms. The lowest BCUT2D eigenvalue weighted by Gasteiger charge is -2.41. The molecule has 2 rings (SSSR count). The lowest BCUT2D eigenvalue weighted by Crippen LogP contribution is -2.56. The van der Waals surface area contributed by atoms with Gasteiger partial charge in [0.25, 0.3) is 0 Å². The first kappa shape index (κ1) is 14.4. The summed E-state index contributed by atoms with van der Waals surface area (Å²) in [4.78, 5) is 7.13. The van der Waals surface area contributed by atoms with Crippen LogP contribution < -0.4 is 10.6 Å². The minimum Gasteiger partial charge on any atom is -0.370 e. The molecule has 1 atom stereocenters. The fourth-order valence-electron chi connectivity index (χ4n) is 2.38. The van der Waals surface area contributed by atoms with Crippen molar-refractivity contribution in [3.63, 3.8) is 0 Å². The van der Waals surface area contributed by atoms with Gasteiger partial charge in [-0.25, -0.2) is 4.98 Å². The molecule has 2 heterocycles. The van der Waals surface area contributed by atoms with Crippen LogP contribution in [-0.2, 0) is 6.18 Å². The average Bonchev–Trinajstić information content (AvgIpc) is 2.37. The molecule has 3 N–H and O–H groups in total. The molecule has 0 aliphatic carbocycles. The summed E-state index contributed by atoms with van der Waals surface area (Å²) in [7, 11) is 0. The maximum atomic E-state index is 13.0. The highest BCUT2D eigenvalue weighted by Gasteiger charge is 2.37. The second kappa shape index (κ2) is 5.18. The average molecular weight is 287 g/mol. The minimum absolute atomic E-state index is 0.0601. The van der Waals surface area contributed by atoms with Crippen LogP contribution in [0.15, 0.2) is 18.3 Å². The topological polar surface area (TPSA) is 69.2 Å². The summed E-state index contributed by atoms with van der Waals surface area (Å²) < 4.78 is 38.9. The number of alkyl halides is 3. The summed E-state index contributed by atoms with van der Waals surface area (Å²) in [5, 5.41) is 7.42. The summed E-state index contributed by atoms with van der Waals surface area (Å²) in [5.41, 5.74) is 4.70. The van der Waals surface area contributed by atoms with Gasteiger partial charge in [0, 0.05) is 31.9 Å². The molecule has 5 nitrogen and oxygen atoms in total. The predicted octanol–water partition coefficient (Wildman–Crippen LogP) is 1.50. The van der Waals surface area contributed by atoms with Crippen LogP contribution in [0.3, 0.4) is 0 Å². The van der Waals surface area contributed by atoms with Gasteiger partial charge in [0.05, 0.1) is 5.56 Å². The van der Waals surface area contributed by atoms with Gasteiger partial charge < -0.3 is 15.5 Å². The second-order valence-corrected chi connectivity index (χ2v) is 4.75. The molecule has 0 aromatic carbocycles. The Balaban J connectivity index is 2.24. The molecule has 1 aromatic heterocycles. The van der Waals surface area contributed by atoms with Crippen molar-refractivity contribution in [1.82, 2.24) is 9.88 Å². The lowest BCUT2D eigenvalue weighted by molar-refractivity contribution is -0.137. The fourth-order valence-corrected chi connectivity index (χ4v) is 2.38. The van der Waals surface area contributed by atoms with E-state index in [9.17, 15) is 13.2 Å². The molecule has 0 amide bonds. The fraction of sp³-hybridized carbons (Fsp3) is 0.500. The predicted molar refractivity (Wildman–Crippen MR) is 69.5 cm³/mol. The van der Waals surface area contributed by atoms with E-state index in [0.717, 1.165) is 6.07 Å². The number of anilines is 1. The van der Waals surface area contributed by atoms with Crippen molar-refractivity contribution >= 4 is 11.8 Å². The van der Waals surface area contributed by atoms with E-state index in [1.807, 2.05) is 6.92 Å². The van der Waals surface area contributed by atoms with Crippen LogP contribution in [0.1, 0.15) is 12.5 Å². The molecular weight excluding hydrogens is 271 g/mol. The zero-order chi connectivity index (χ0) is 14.9. The molecule has 0 bridgehead atoms. The number of nitrogens with one attached hydrogen (secondary N) is 1. The standard InChI is InChI=1S/C12H16F3N5/c1-8-7-19(5-6-20(8)11(16)17)10-9(12(13,14)15)3-2-4-18-10/h2-4,8H,5-7H2,1H3,(H3,16,17). The summed E-state index contributed by atoms with van der Waals surface area (Å²) >= 11 is 0. The zero-order valence-corrected chi connectivity index (χ0v) is 11.0. The quantitative estimate of drug-likeness (QED) is 0.607. The number of piperazine rings is 1. The van der Waals surface area contributed by atoms with Gasteiger partial charge in [0.2, 0.25) is 0 Å². The van der Waals surface area contributed by atoms with E-state index in [4.69, 9.17) is 11.1 Å². The van der Waals surface area contributed by atoms with E-state index < -0.39 is 11.7 Å². The molecule has 20 heavy (non-hydrogen) atoms. The number of nitrogens with two attached hydrogens (primary N) is 1. The van der Waals surface area contributed by atoms with Gasteiger partial charge in [-0.05, 0) is 19.1 Å². The number of rotatable bonds is 1. The highest BCUT2D eigenvalue weighted by molar-refractivity contribution is 5.75. The molecule has 8 heteroatoms. The Bertz CT molecular complexity index is 502. The molecule has 1 aliphatic rings. The first-order valence-electron chi connectivity index (χ1n) is 6.18. The molecule has 1 unspecified atom stereocenters. The van der Waals surface area contributed by atoms with Gasteiger partial charge in [-0.2, -0.15) is 13.2 Å². The number of hydrogen-bond acceptors (Lipinski definition) is 3. The van der Waals surface area contributed by atoms with Gasteiger partial charge in [-0.15, -0.1) is 0 Å². The molecule has 110 valence electrons. The normalized spacial score (nSPS) is 20.1. The van der Waals surface area contributed by atoms with E-state index in [1.54, 1.807) is 9.80 Å². The molecule has 0 radical (unpaired) electrons. The van der Waals surface area contributed by atoms with Crippen LogP contribution in [0.4, 0.5) is 19.0 Å². The molecule has 1 aliphatic heterocycles. The summed E-state index contributed by atoms with van der Waals surface area (Å²) in [6, 6.07) is 2.18. The summed E-state index contributed by atoms with van der Waals surface area (Å²) in [6.07, 6.45) is -3.07. The Hall–Kier alpha value is -1.99. The van der Waals surface area contributed by atoms with Crippen LogP contribution in [0.25, 0.3) is 0 Å².